The summed E-state index contributed by atoms with van der Waals surface area (Å²) in [5, 5.41) is 11.3. The van der Waals surface area contributed by atoms with Gasteiger partial charge in [0.2, 0.25) is 5.13 Å². The Kier molecular flexibility index (Phi) is 4.19. The number of nitrogens with zero attached hydrogens (tertiary/aromatic N) is 3. The second-order valence-electron chi connectivity index (χ2n) is 4.91. The monoisotopic (exact) mass is 309 g/mol. The van der Waals surface area contributed by atoms with Crippen LogP contribution in [0.4, 0.5) is 5.13 Å². The standard InChI is InChI=1S/C14H16ClN3OS/c1-18(12-6-7-19-9-12)14-17-16-13(20-14)8-10-2-4-11(15)5-3-10/h2-5,12H,6-9H2,1H3. The molecule has 0 radical (unpaired) electrons. The predicted molar refractivity (Wildman–Crippen MR) is 81.8 cm³/mol. The Balaban J connectivity index is 1.68. The van der Waals surface area contributed by atoms with Crippen LogP contribution in [0.5, 0.6) is 0 Å². The van der Waals surface area contributed by atoms with Gasteiger partial charge < -0.3 is 9.64 Å². The fraction of sp³-hybridized carbons (Fsp3) is 0.429. The van der Waals surface area contributed by atoms with Crippen molar-refractivity contribution in [3.8, 4) is 0 Å². The van der Waals surface area contributed by atoms with Crippen molar-refractivity contribution < 1.29 is 4.74 Å². The van der Waals surface area contributed by atoms with Crippen LogP contribution < -0.4 is 4.90 Å². The zero-order valence-electron chi connectivity index (χ0n) is 11.3. The summed E-state index contributed by atoms with van der Waals surface area (Å²) in [4.78, 5) is 2.18. The summed E-state index contributed by atoms with van der Waals surface area (Å²) in [5.74, 6) is 0. The maximum Gasteiger partial charge on any atom is 0.208 e. The highest BCUT2D eigenvalue weighted by molar-refractivity contribution is 7.15. The normalized spacial score (nSPS) is 18.4. The van der Waals surface area contributed by atoms with Gasteiger partial charge in [-0.05, 0) is 24.1 Å². The molecule has 3 rings (SSSR count). The Hall–Kier alpha value is -1.17. The summed E-state index contributed by atoms with van der Waals surface area (Å²) < 4.78 is 5.42. The first-order chi connectivity index (χ1) is 9.72. The topological polar surface area (TPSA) is 38.2 Å². The molecule has 1 aromatic heterocycles. The van der Waals surface area contributed by atoms with Crippen LogP contribution in [0, 0.1) is 0 Å². The van der Waals surface area contributed by atoms with Crippen LogP contribution in [0.1, 0.15) is 17.0 Å². The van der Waals surface area contributed by atoms with Crippen molar-refractivity contribution in [1.82, 2.24) is 10.2 Å². The van der Waals surface area contributed by atoms with E-state index in [1.54, 1.807) is 11.3 Å². The van der Waals surface area contributed by atoms with Crippen LogP contribution in [0.3, 0.4) is 0 Å². The molecule has 0 N–H and O–H groups in total. The van der Waals surface area contributed by atoms with Crippen LogP contribution >= 0.6 is 22.9 Å². The van der Waals surface area contributed by atoms with E-state index < -0.39 is 0 Å². The van der Waals surface area contributed by atoms with Crippen molar-refractivity contribution in [1.29, 1.82) is 0 Å². The van der Waals surface area contributed by atoms with Gasteiger partial charge in [0, 0.05) is 25.1 Å². The molecule has 0 saturated carbocycles. The van der Waals surface area contributed by atoms with E-state index in [2.05, 4.69) is 22.1 Å². The van der Waals surface area contributed by atoms with Crippen molar-refractivity contribution >= 4 is 28.1 Å². The maximum atomic E-state index is 5.89. The molecule has 0 amide bonds. The van der Waals surface area contributed by atoms with Gasteiger partial charge in [-0.2, -0.15) is 0 Å². The molecule has 1 atom stereocenters. The first-order valence-corrected chi connectivity index (χ1v) is 7.79. The molecular formula is C14H16ClN3OS. The third kappa shape index (κ3) is 3.11. The van der Waals surface area contributed by atoms with Gasteiger partial charge in [0.1, 0.15) is 5.01 Å². The average Bonchev–Trinajstić information content (AvgIpc) is 3.12. The number of hydrogen-bond acceptors (Lipinski definition) is 5. The van der Waals surface area contributed by atoms with E-state index in [9.17, 15) is 0 Å². The van der Waals surface area contributed by atoms with Crippen molar-refractivity contribution in [3.63, 3.8) is 0 Å². The molecule has 1 unspecified atom stereocenters. The van der Waals surface area contributed by atoms with E-state index in [1.165, 1.54) is 5.56 Å². The quantitative estimate of drug-likeness (QED) is 0.870. The van der Waals surface area contributed by atoms with Crippen LogP contribution in [0.2, 0.25) is 5.02 Å². The molecule has 1 aliphatic heterocycles. The highest BCUT2D eigenvalue weighted by atomic mass is 35.5. The van der Waals surface area contributed by atoms with E-state index >= 15 is 0 Å². The number of likely N-dealkylation sites (N-methyl/N-ethyl adjacent to an activating group) is 1. The number of anilines is 1. The number of halogens is 1. The maximum absolute atomic E-state index is 5.89. The summed E-state index contributed by atoms with van der Waals surface area (Å²) >= 11 is 7.53. The van der Waals surface area contributed by atoms with Gasteiger partial charge in [-0.25, -0.2) is 0 Å². The molecule has 0 bridgehead atoms. The lowest BCUT2D eigenvalue weighted by Crippen LogP contribution is -2.31. The molecule has 4 nitrogen and oxygen atoms in total. The second-order valence-corrected chi connectivity index (χ2v) is 6.39. The number of ether oxygens (including phenoxy) is 1. The summed E-state index contributed by atoms with van der Waals surface area (Å²) in [6.45, 7) is 1.62. The van der Waals surface area contributed by atoms with Gasteiger partial charge in [0.25, 0.3) is 0 Å². The van der Waals surface area contributed by atoms with Crippen molar-refractivity contribution in [2.24, 2.45) is 0 Å². The summed E-state index contributed by atoms with van der Waals surface area (Å²) in [7, 11) is 2.06. The smallest absolute Gasteiger partial charge is 0.208 e. The molecule has 1 saturated heterocycles. The number of benzene rings is 1. The fourth-order valence-corrected chi connectivity index (χ4v) is 3.25. The summed E-state index contributed by atoms with van der Waals surface area (Å²) in [6.07, 6.45) is 1.85. The highest BCUT2D eigenvalue weighted by Gasteiger charge is 2.23. The minimum atomic E-state index is 0.423. The summed E-state index contributed by atoms with van der Waals surface area (Å²) in [5.41, 5.74) is 1.20. The van der Waals surface area contributed by atoms with Crippen LogP contribution in [0.15, 0.2) is 24.3 Å². The SMILES string of the molecule is CN(c1nnc(Cc2ccc(Cl)cc2)s1)C1CCOC1. The Morgan fingerprint density at radius 3 is 2.85 bits per heavy atom. The van der Waals surface area contributed by atoms with Gasteiger partial charge in [-0.1, -0.05) is 35.1 Å². The third-order valence-corrected chi connectivity index (χ3v) is 4.75. The number of hydrogen-bond donors (Lipinski definition) is 0. The Bertz CT molecular complexity index is 566. The largest absolute Gasteiger partial charge is 0.379 e. The van der Waals surface area contributed by atoms with Crippen molar-refractivity contribution in [2.45, 2.75) is 18.9 Å². The third-order valence-electron chi connectivity index (χ3n) is 3.48. The van der Waals surface area contributed by atoms with Gasteiger partial charge in [-0.3, -0.25) is 0 Å². The van der Waals surface area contributed by atoms with Crippen LogP contribution in [0.25, 0.3) is 0 Å². The van der Waals surface area contributed by atoms with E-state index in [0.29, 0.717) is 6.04 Å². The fourth-order valence-electron chi connectivity index (χ4n) is 2.22. The Morgan fingerprint density at radius 1 is 1.35 bits per heavy atom. The van der Waals surface area contributed by atoms with E-state index in [1.807, 2.05) is 24.3 Å². The zero-order chi connectivity index (χ0) is 13.9. The number of aromatic nitrogens is 2. The predicted octanol–water partition coefficient (Wildman–Crippen LogP) is 3.01. The Morgan fingerprint density at radius 2 is 2.15 bits per heavy atom. The van der Waals surface area contributed by atoms with Crippen LogP contribution in [-0.4, -0.2) is 36.5 Å². The number of rotatable bonds is 4. The molecule has 106 valence electrons. The van der Waals surface area contributed by atoms with E-state index in [0.717, 1.165) is 41.2 Å². The molecule has 0 spiro atoms. The lowest BCUT2D eigenvalue weighted by Gasteiger charge is -2.21. The van der Waals surface area contributed by atoms with Crippen LogP contribution in [-0.2, 0) is 11.2 Å². The lowest BCUT2D eigenvalue weighted by atomic mass is 10.2. The lowest BCUT2D eigenvalue weighted by molar-refractivity contribution is 0.193. The molecule has 1 fully saturated rings. The van der Waals surface area contributed by atoms with Gasteiger partial charge in [0.15, 0.2) is 0 Å². The van der Waals surface area contributed by atoms with Crippen molar-refractivity contribution in [3.05, 3.63) is 39.9 Å². The average molecular weight is 310 g/mol. The molecule has 2 aromatic rings. The summed E-state index contributed by atoms with van der Waals surface area (Å²) in [6, 6.07) is 8.28. The van der Waals surface area contributed by atoms with Gasteiger partial charge >= 0.3 is 0 Å². The van der Waals surface area contributed by atoms with Gasteiger partial charge in [0.05, 0.1) is 12.6 Å². The van der Waals surface area contributed by atoms with E-state index in [4.69, 9.17) is 16.3 Å². The molecular weight excluding hydrogens is 294 g/mol. The second kappa shape index (κ2) is 6.08. The minimum Gasteiger partial charge on any atom is -0.379 e. The minimum absolute atomic E-state index is 0.423. The molecule has 6 heteroatoms. The first-order valence-electron chi connectivity index (χ1n) is 6.60. The molecule has 0 aliphatic carbocycles. The Labute approximate surface area is 127 Å². The van der Waals surface area contributed by atoms with Crippen molar-refractivity contribution in [2.75, 3.05) is 25.2 Å². The first kappa shape index (κ1) is 13.8. The molecule has 1 aromatic carbocycles. The molecule has 1 aliphatic rings. The van der Waals surface area contributed by atoms with Gasteiger partial charge in [-0.15, -0.1) is 10.2 Å². The molecule has 20 heavy (non-hydrogen) atoms. The highest BCUT2D eigenvalue weighted by Crippen LogP contribution is 2.25. The molecule has 2 heterocycles. The van der Waals surface area contributed by atoms with E-state index in [-0.39, 0.29) is 0 Å². The zero-order valence-corrected chi connectivity index (χ0v) is 12.8.